The predicted molar refractivity (Wildman–Crippen MR) is 37.7 cm³/mol. The Bertz CT molecular complexity index is 37.2. The van der Waals surface area contributed by atoms with Crippen molar-refractivity contribution in [2.45, 2.75) is 0 Å². The molecule has 0 atom stereocenters. The van der Waals surface area contributed by atoms with E-state index in [1.807, 2.05) is 0 Å². The molecule has 0 aromatic heterocycles. The van der Waals surface area contributed by atoms with Crippen molar-refractivity contribution in [1.82, 2.24) is 0 Å². The maximum absolute atomic E-state index is 5.86. The Morgan fingerprint density at radius 3 is 1.43 bits per heavy atom. The molecule has 0 bridgehead atoms. The molecule has 0 aliphatic heterocycles. The number of rotatable bonds is 0. The van der Waals surface area contributed by atoms with Crippen LogP contribution in [-0.4, -0.2) is 25.4 Å². The Morgan fingerprint density at radius 1 is 1.43 bits per heavy atom. The summed E-state index contributed by atoms with van der Waals surface area (Å²) in [5.41, 5.74) is 4.39. The molecule has 0 fully saturated rings. The Morgan fingerprint density at radius 2 is 1.43 bits per heavy atom. The van der Waals surface area contributed by atoms with Crippen LogP contribution < -0.4 is 5.73 Å². The van der Waals surface area contributed by atoms with Crippen LogP contribution >= 0.6 is 24.9 Å². The molecule has 3 N–H and O–H groups in total. The molecule has 0 aliphatic carbocycles. The molecular weight excluding hydrogens is 354 g/mol. The van der Waals surface area contributed by atoms with Crippen molar-refractivity contribution >= 4 is 50.3 Å². The van der Waals surface area contributed by atoms with Gasteiger partial charge in [0, 0.05) is 0 Å². The van der Waals surface area contributed by atoms with Crippen molar-refractivity contribution in [2.75, 3.05) is 0 Å². The minimum atomic E-state index is -2.31. The van der Waals surface area contributed by atoms with Crippen LogP contribution in [-0.2, 0) is 0 Å². The van der Waals surface area contributed by atoms with Gasteiger partial charge in [-0.2, -0.15) is 0 Å². The van der Waals surface area contributed by atoms with Gasteiger partial charge in [-0.05, 0) is 0 Å². The van der Waals surface area contributed by atoms with Gasteiger partial charge in [0.2, 0.25) is 0 Å². The number of hydrogen-bond acceptors (Lipinski definition) is 1. The van der Waals surface area contributed by atoms with Crippen LogP contribution in [0, 0.1) is 5.41 Å². The molecule has 0 unspecified atom stereocenters. The number of halogens is 3. The molecule has 0 rings (SSSR count). The van der Waals surface area contributed by atoms with Gasteiger partial charge >= 0.3 is 44.0 Å². The van der Waals surface area contributed by atoms with Crippen LogP contribution in [0.5, 0.6) is 0 Å². The summed E-state index contributed by atoms with van der Waals surface area (Å²) in [5.74, 6) is 0. The first-order valence-corrected chi connectivity index (χ1v) is 17.9. The van der Waals surface area contributed by atoms with E-state index in [2.05, 4.69) is 5.73 Å². The molecule has 0 aromatic carbocycles. The molecule has 0 heterocycles. The first-order chi connectivity index (χ1) is 3.15. The zero-order valence-electron chi connectivity index (χ0n) is 3.37. The zero-order valence-corrected chi connectivity index (χ0v) is 10.1. The van der Waals surface area contributed by atoms with E-state index in [1.54, 1.807) is 0 Å². The third kappa shape index (κ3) is 126. The van der Waals surface area contributed by atoms with Gasteiger partial charge in [-0.1, -0.05) is 0 Å². The first-order valence-electron chi connectivity index (χ1n) is 1.28. The summed E-state index contributed by atoms with van der Waals surface area (Å²) in [6.07, 6.45) is 0.750. The first kappa shape index (κ1) is 11.1. The van der Waals surface area contributed by atoms with Gasteiger partial charge in [0.1, 0.15) is 0 Å². The Hall–Kier alpha value is 1.26. The summed E-state index contributed by atoms with van der Waals surface area (Å²) in [6.45, 7) is 0. The Kier molecular flexibility index (Phi) is 16.3. The average molecular weight is 359 g/mol. The number of hydrogen-bond donors (Lipinski definition) is 2. The van der Waals surface area contributed by atoms with Gasteiger partial charge in [-0.25, -0.2) is 0 Å². The normalized spacial score (nSPS) is 6.86. The van der Waals surface area contributed by atoms with Gasteiger partial charge in [0.25, 0.3) is 0 Å². The van der Waals surface area contributed by atoms with Crippen molar-refractivity contribution in [3.8, 4) is 0 Å². The van der Waals surface area contributed by atoms with Gasteiger partial charge in [-0.3, -0.25) is 5.41 Å². The third-order valence-electron chi connectivity index (χ3n) is 0. The predicted octanol–water partition coefficient (Wildman–Crippen LogP) is 0.972. The monoisotopic (exact) mass is 358 g/mol. The van der Waals surface area contributed by atoms with E-state index in [9.17, 15) is 0 Å². The van der Waals surface area contributed by atoms with E-state index in [0.717, 1.165) is 6.34 Å². The summed E-state index contributed by atoms with van der Waals surface area (Å²) in [7, 11) is 15.1. The second-order valence-corrected chi connectivity index (χ2v) is 19.7. The van der Waals surface area contributed by atoms with E-state index >= 15 is 0 Å². The summed E-state index contributed by atoms with van der Waals surface area (Å²) in [5, 5.41) is 5.86. The molecule has 0 radical (unpaired) electrons. The Labute approximate surface area is 61.0 Å². The summed E-state index contributed by atoms with van der Waals surface area (Å²) in [6, 6.07) is 0. The molecule has 6 heteroatoms. The van der Waals surface area contributed by atoms with E-state index in [4.69, 9.17) is 30.4 Å². The fraction of sp³-hybridized carbons (Fsp3) is 0. The van der Waals surface area contributed by atoms with Gasteiger partial charge < -0.3 is 5.73 Å². The van der Waals surface area contributed by atoms with E-state index in [0.29, 0.717) is 0 Å². The van der Waals surface area contributed by atoms with Crippen LogP contribution in [0.4, 0.5) is 0 Å². The van der Waals surface area contributed by atoms with E-state index in [-0.39, 0.29) is 0 Å². The second kappa shape index (κ2) is 10.3. The molecule has 2 nitrogen and oxygen atoms in total. The van der Waals surface area contributed by atoms with Gasteiger partial charge in [-0.15, -0.1) is 0 Å². The number of nitrogens with one attached hydrogen (secondary N) is 1. The van der Waals surface area contributed by atoms with Crippen LogP contribution in [0.25, 0.3) is 0 Å². The summed E-state index contributed by atoms with van der Waals surface area (Å²) >= 11 is -2.31. The van der Waals surface area contributed by atoms with Crippen LogP contribution in [0.1, 0.15) is 0 Å². The SMILES string of the molecule is N=CN.[Cl][PbH]([Cl])[Cl]. The molecule has 44 valence electrons. The van der Waals surface area contributed by atoms with Crippen molar-refractivity contribution in [3.63, 3.8) is 0 Å². The Balaban J connectivity index is 0. The van der Waals surface area contributed by atoms with E-state index in [1.165, 1.54) is 0 Å². The summed E-state index contributed by atoms with van der Waals surface area (Å²) in [4.78, 5) is 0. The summed E-state index contributed by atoms with van der Waals surface area (Å²) < 4.78 is 0. The second-order valence-electron chi connectivity index (χ2n) is 0.414. The van der Waals surface area contributed by atoms with Crippen molar-refractivity contribution in [1.29, 1.82) is 5.41 Å². The molecule has 0 aliphatic rings. The molecule has 0 saturated heterocycles. The van der Waals surface area contributed by atoms with Crippen molar-refractivity contribution in [3.05, 3.63) is 0 Å². The number of nitrogens with two attached hydrogens (primary N) is 1. The van der Waals surface area contributed by atoms with Crippen molar-refractivity contribution < 1.29 is 0 Å². The van der Waals surface area contributed by atoms with Crippen LogP contribution in [0.15, 0.2) is 0 Å². The van der Waals surface area contributed by atoms with Crippen LogP contribution in [0.2, 0.25) is 0 Å². The van der Waals surface area contributed by atoms with E-state index < -0.39 is 19.0 Å². The molecular formula is CH5Cl3N2Pb. The minimum absolute atomic E-state index is 0.750. The molecule has 0 spiro atoms. The quantitative estimate of drug-likeness (QED) is 0.378. The fourth-order valence-corrected chi connectivity index (χ4v) is 0. The molecule has 0 aromatic rings. The standard InChI is InChI=1S/CH4N2.3ClH.Pb.H/c2-1-3;;;;;/h1H,(H3,2,3);3*1H;;/q;;;;+3;/p-3. The topological polar surface area (TPSA) is 49.9 Å². The average Bonchev–Trinajstić information content (AvgIpc) is 1.33. The molecule has 7 heavy (non-hydrogen) atoms. The maximum atomic E-state index is 5.86. The molecule has 0 saturated carbocycles. The van der Waals surface area contributed by atoms with Gasteiger partial charge in [0.15, 0.2) is 0 Å². The zero-order chi connectivity index (χ0) is 6.28. The third-order valence-corrected chi connectivity index (χ3v) is 0. The fourth-order valence-electron chi connectivity index (χ4n) is 0. The molecule has 0 amide bonds. The van der Waals surface area contributed by atoms with Gasteiger partial charge in [0.05, 0.1) is 6.34 Å². The van der Waals surface area contributed by atoms with Crippen LogP contribution in [0.3, 0.4) is 0 Å². The van der Waals surface area contributed by atoms with Crippen molar-refractivity contribution in [2.24, 2.45) is 5.73 Å².